The maximum absolute atomic E-state index is 11.6. The Kier molecular flexibility index (Phi) is 4.10. The van der Waals surface area contributed by atoms with Crippen LogP contribution < -0.4 is 11.1 Å². The minimum absolute atomic E-state index is 0.0173. The number of rotatable bonds is 3. The molecule has 14 heavy (non-hydrogen) atoms. The lowest BCUT2D eigenvalue weighted by Gasteiger charge is -2.09. The summed E-state index contributed by atoms with van der Waals surface area (Å²) in [5.74, 6) is -0.0539. The van der Waals surface area contributed by atoms with Crippen molar-refractivity contribution in [1.29, 1.82) is 0 Å². The normalized spacial score (nSPS) is 12.6. The van der Waals surface area contributed by atoms with Crippen molar-refractivity contribution in [2.75, 3.05) is 6.54 Å². The van der Waals surface area contributed by atoms with Gasteiger partial charge < -0.3 is 11.1 Å². The number of thiophene rings is 1. The molecule has 0 aliphatic heterocycles. The summed E-state index contributed by atoms with van der Waals surface area (Å²) in [6.45, 7) is 4.30. The van der Waals surface area contributed by atoms with Crippen molar-refractivity contribution in [3.05, 3.63) is 20.3 Å². The summed E-state index contributed by atoms with van der Waals surface area (Å²) in [5, 5.41) is 2.81. The molecular formula is C9H13BrN2OS. The zero-order chi connectivity index (χ0) is 10.7. The zero-order valence-electron chi connectivity index (χ0n) is 8.13. The van der Waals surface area contributed by atoms with Gasteiger partial charge in [-0.3, -0.25) is 4.79 Å². The first-order valence-corrected chi connectivity index (χ1v) is 5.92. The molecule has 3 nitrogen and oxygen atoms in total. The number of aryl methyl sites for hydroxylation is 1. The molecule has 1 heterocycles. The topological polar surface area (TPSA) is 55.1 Å². The number of amides is 1. The Morgan fingerprint density at radius 1 is 1.79 bits per heavy atom. The van der Waals surface area contributed by atoms with E-state index in [1.807, 2.05) is 19.9 Å². The highest BCUT2D eigenvalue weighted by Crippen LogP contribution is 2.27. The van der Waals surface area contributed by atoms with Gasteiger partial charge in [-0.1, -0.05) is 0 Å². The van der Waals surface area contributed by atoms with Crippen molar-refractivity contribution in [2.24, 2.45) is 5.73 Å². The predicted octanol–water partition coefficient (Wildman–Crippen LogP) is 1.90. The first-order chi connectivity index (χ1) is 6.54. The molecule has 1 atom stereocenters. The highest BCUT2D eigenvalue weighted by molar-refractivity contribution is 9.11. The minimum Gasteiger partial charge on any atom is -0.348 e. The fraction of sp³-hybridized carbons (Fsp3) is 0.444. The van der Waals surface area contributed by atoms with E-state index in [0.29, 0.717) is 6.54 Å². The SMILES string of the molecule is Cc1cc(C(=O)N[C@@H](C)CN)sc1Br. The van der Waals surface area contributed by atoms with Crippen molar-refractivity contribution < 1.29 is 4.79 Å². The molecular weight excluding hydrogens is 264 g/mol. The Bertz CT molecular complexity index is 318. The van der Waals surface area contributed by atoms with Crippen LogP contribution in [0, 0.1) is 6.92 Å². The molecule has 0 fully saturated rings. The Morgan fingerprint density at radius 3 is 2.86 bits per heavy atom. The number of halogens is 1. The Morgan fingerprint density at radius 2 is 2.43 bits per heavy atom. The van der Waals surface area contributed by atoms with Crippen LogP contribution >= 0.6 is 27.3 Å². The first-order valence-electron chi connectivity index (χ1n) is 4.31. The molecule has 0 radical (unpaired) electrons. The molecule has 0 unspecified atom stereocenters. The summed E-state index contributed by atoms with van der Waals surface area (Å²) < 4.78 is 1.00. The minimum atomic E-state index is -0.0539. The summed E-state index contributed by atoms with van der Waals surface area (Å²) in [4.78, 5) is 12.3. The fourth-order valence-electron chi connectivity index (χ4n) is 0.926. The zero-order valence-corrected chi connectivity index (χ0v) is 10.5. The van der Waals surface area contributed by atoms with Gasteiger partial charge in [-0.15, -0.1) is 11.3 Å². The van der Waals surface area contributed by atoms with Crippen LogP contribution in [0.3, 0.4) is 0 Å². The van der Waals surface area contributed by atoms with E-state index in [4.69, 9.17) is 5.73 Å². The lowest BCUT2D eigenvalue weighted by Crippen LogP contribution is -2.37. The third kappa shape index (κ3) is 2.80. The molecule has 0 spiro atoms. The van der Waals surface area contributed by atoms with Crippen molar-refractivity contribution in [3.8, 4) is 0 Å². The number of carbonyl (C=O) groups is 1. The van der Waals surface area contributed by atoms with E-state index in [9.17, 15) is 4.79 Å². The lowest BCUT2D eigenvalue weighted by molar-refractivity contribution is 0.0945. The van der Waals surface area contributed by atoms with Crippen LogP contribution in [0.25, 0.3) is 0 Å². The van der Waals surface area contributed by atoms with Gasteiger partial charge in [0.1, 0.15) is 0 Å². The average molecular weight is 277 g/mol. The molecule has 1 amide bonds. The molecule has 3 N–H and O–H groups in total. The summed E-state index contributed by atoms with van der Waals surface area (Å²) in [5.41, 5.74) is 6.50. The van der Waals surface area contributed by atoms with Crippen LogP contribution in [0.1, 0.15) is 22.2 Å². The van der Waals surface area contributed by atoms with Crippen LogP contribution in [0.4, 0.5) is 0 Å². The van der Waals surface area contributed by atoms with Crippen LogP contribution in [-0.2, 0) is 0 Å². The summed E-state index contributed by atoms with van der Waals surface area (Å²) in [6, 6.07) is 1.89. The van der Waals surface area contributed by atoms with Gasteiger partial charge in [0.05, 0.1) is 8.66 Å². The Hall–Kier alpha value is -0.390. The Balaban J connectivity index is 2.70. The van der Waals surface area contributed by atoms with Crippen molar-refractivity contribution >= 4 is 33.2 Å². The van der Waals surface area contributed by atoms with E-state index in [0.717, 1.165) is 14.2 Å². The van der Waals surface area contributed by atoms with Gasteiger partial charge in [-0.25, -0.2) is 0 Å². The van der Waals surface area contributed by atoms with Crippen LogP contribution in [0.15, 0.2) is 9.85 Å². The second-order valence-corrected chi connectivity index (χ2v) is 5.55. The molecule has 0 saturated heterocycles. The summed E-state index contributed by atoms with van der Waals surface area (Å²) in [7, 11) is 0. The van der Waals surface area contributed by atoms with Gasteiger partial charge in [-0.2, -0.15) is 0 Å². The van der Waals surface area contributed by atoms with E-state index in [1.165, 1.54) is 11.3 Å². The molecule has 5 heteroatoms. The van der Waals surface area contributed by atoms with Crippen LogP contribution in [0.5, 0.6) is 0 Å². The molecule has 0 saturated carbocycles. The molecule has 78 valence electrons. The first kappa shape index (κ1) is 11.7. The third-order valence-electron chi connectivity index (χ3n) is 1.81. The molecule has 0 aliphatic rings. The largest absolute Gasteiger partial charge is 0.348 e. The monoisotopic (exact) mass is 276 g/mol. The molecule has 1 aromatic heterocycles. The number of hydrogen-bond donors (Lipinski definition) is 2. The standard InChI is InChI=1S/C9H13BrN2OS/c1-5-3-7(14-8(5)10)9(13)12-6(2)4-11/h3,6H,4,11H2,1-2H3,(H,12,13)/t6-/m0/s1. The third-order valence-corrected chi connectivity index (χ3v) is 3.95. The van der Waals surface area contributed by atoms with Crippen molar-refractivity contribution in [3.63, 3.8) is 0 Å². The fourth-order valence-corrected chi connectivity index (χ4v) is 2.36. The van der Waals surface area contributed by atoms with Crippen molar-refractivity contribution in [2.45, 2.75) is 19.9 Å². The van der Waals surface area contributed by atoms with Crippen LogP contribution in [0.2, 0.25) is 0 Å². The van der Waals surface area contributed by atoms with Gasteiger partial charge in [0.15, 0.2) is 0 Å². The summed E-state index contributed by atoms with van der Waals surface area (Å²) in [6.07, 6.45) is 0. The highest BCUT2D eigenvalue weighted by Gasteiger charge is 2.12. The van der Waals surface area contributed by atoms with Crippen molar-refractivity contribution in [1.82, 2.24) is 5.32 Å². The number of carbonyl (C=O) groups excluding carboxylic acids is 1. The molecule has 0 aromatic carbocycles. The number of nitrogens with two attached hydrogens (primary N) is 1. The second kappa shape index (κ2) is 4.91. The van der Waals surface area contributed by atoms with Gasteiger partial charge in [0.25, 0.3) is 5.91 Å². The molecule has 0 bridgehead atoms. The summed E-state index contributed by atoms with van der Waals surface area (Å²) >= 11 is 4.82. The lowest BCUT2D eigenvalue weighted by atomic mass is 10.3. The van der Waals surface area contributed by atoms with Gasteiger partial charge in [0, 0.05) is 12.6 Å². The number of hydrogen-bond acceptors (Lipinski definition) is 3. The average Bonchev–Trinajstić information content (AvgIpc) is 2.47. The van der Waals surface area contributed by atoms with Gasteiger partial charge >= 0.3 is 0 Å². The maximum atomic E-state index is 11.6. The van der Waals surface area contributed by atoms with Gasteiger partial charge in [0.2, 0.25) is 0 Å². The molecule has 0 aliphatic carbocycles. The van der Waals surface area contributed by atoms with E-state index in [-0.39, 0.29) is 11.9 Å². The number of nitrogens with one attached hydrogen (secondary N) is 1. The van der Waals surface area contributed by atoms with E-state index < -0.39 is 0 Å². The highest BCUT2D eigenvalue weighted by atomic mass is 79.9. The molecule has 1 rings (SSSR count). The quantitative estimate of drug-likeness (QED) is 0.886. The van der Waals surface area contributed by atoms with Crippen LogP contribution in [-0.4, -0.2) is 18.5 Å². The second-order valence-electron chi connectivity index (χ2n) is 3.18. The smallest absolute Gasteiger partial charge is 0.261 e. The predicted molar refractivity (Wildman–Crippen MR) is 62.7 cm³/mol. The molecule has 1 aromatic rings. The maximum Gasteiger partial charge on any atom is 0.261 e. The van der Waals surface area contributed by atoms with Gasteiger partial charge in [-0.05, 0) is 41.4 Å². The van der Waals surface area contributed by atoms with E-state index >= 15 is 0 Å². The van der Waals surface area contributed by atoms with E-state index in [1.54, 1.807) is 0 Å². The Labute approximate surface area is 95.8 Å². The van der Waals surface area contributed by atoms with E-state index in [2.05, 4.69) is 21.2 Å².